The minimum absolute atomic E-state index is 0.267. The van der Waals surface area contributed by atoms with Crippen LogP contribution in [0.2, 0.25) is 0 Å². The molecule has 1 unspecified atom stereocenters. The van der Waals surface area contributed by atoms with E-state index in [0.717, 1.165) is 65.8 Å². The quantitative estimate of drug-likeness (QED) is 0.175. The van der Waals surface area contributed by atoms with Gasteiger partial charge in [-0.15, -0.1) is 0 Å². The number of fused-ring (bicyclic) bond motifs is 9. The Morgan fingerprint density at radius 3 is 1.48 bits per heavy atom. The van der Waals surface area contributed by atoms with Crippen molar-refractivity contribution in [3.63, 3.8) is 0 Å². The maximum atomic E-state index is 11.9. The number of benzene rings is 7. The summed E-state index contributed by atoms with van der Waals surface area (Å²) in [5.74, 6) is -0.333. The van der Waals surface area contributed by atoms with Crippen LogP contribution in [-0.4, -0.2) is 13.7 Å². The summed E-state index contributed by atoms with van der Waals surface area (Å²) in [6.07, 6.45) is 4.39. The van der Waals surface area contributed by atoms with Crippen molar-refractivity contribution in [2.45, 2.75) is 6.42 Å². The van der Waals surface area contributed by atoms with Crippen molar-refractivity contribution in [1.29, 1.82) is 26.3 Å². The molecular weight excluding hydrogens is 749 g/mol. The summed E-state index contributed by atoms with van der Waals surface area (Å²) in [5.41, 5.74) is 10.2. The van der Waals surface area contributed by atoms with Gasteiger partial charge in [-0.1, -0.05) is 91.0 Å². The van der Waals surface area contributed by atoms with Crippen LogP contribution < -0.4 is 0 Å². The van der Waals surface area contributed by atoms with Crippen molar-refractivity contribution in [1.82, 2.24) is 13.7 Å². The van der Waals surface area contributed by atoms with E-state index in [1.807, 2.05) is 115 Å². The third-order valence-corrected chi connectivity index (χ3v) is 12.1. The Labute approximate surface area is 349 Å². The molecule has 0 radical (unpaired) electrons. The van der Waals surface area contributed by atoms with E-state index in [2.05, 4.69) is 62.2 Å². The van der Waals surface area contributed by atoms with Gasteiger partial charge in [-0.05, 0) is 78.2 Å². The summed E-state index contributed by atoms with van der Waals surface area (Å²) < 4.78 is 6.28. The molecule has 1 aliphatic carbocycles. The van der Waals surface area contributed by atoms with Crippen molar-refractivity contribution in [3.8, 4) is 58.5 Å². The normalized spacial score (nSPS) is 13.2. The molecule has 0 fully saturated rings. The number of nitriles is 5. The number of allylic oxidation sites excluding steroid dienone is 1. The molecule has 61 heavy (non-hydrogen) atoms. The summed E-state index contributed by atoms with van der Waals surface area (Å²) >= 11 is 0. The third-order valence-electron chi connectivity index (χ3n) is 12.1. The zero-order valence-corrected chi connectivity index (χ0v) is 32.3. The van der Waals surface area contributed by atoms with Crippen molar-refractivity contribution >= 4 is 60.6 Å². The Balaban J connectivity index is 1.46. The van der Waals surface area contributed by atoms with E-state index in [1.54, 1.807) is 18.2 Å². The number of nitrogens with zero attached hydrogens (tertiary/aromatic N) is 8. The average molecular weight is 777 g/mol. The molecule has 1 atom stereocenters. The summed E-state index contributed by atoms with van der Waals surface area (Å²) in [4.78, 5) is 0. The number of para-hydroxylation sites is 4. The Morgan fingerprint density at radius 2 is 0.918 bits per heavy atom. The molecule has 1 aliphatic rings. The van der Waals surface area contributed by atoms with E-state index >= 15 is 0 Å². The monoisotopic (exact) mass is 776 g/mol. The standard InChI is InChI=1S/C53H28N8/c54-27-32-17-21-35(22-18-32)50-52(60-46-15-7-3-11-38(46)40-25-33(28-55)19-23-48(40)60)42(30-57)51(59-44-13-5-1-9-36(44)37-10-2-6-14-45(37)59)43(31-58)53(50)61-47-16-8-4-12-39(47)41-26-34(29-56)20-24-49(41)61/h1-25,34H,26H2. The first-order chi connectivity index (χ1) is 30.1. The van der Waals surface area contributed by atoms with Crippen LogP contribution in [0, 0.1) is 62.6 Å². The van der Waals surface area contributed by atoms with Gasteiger partial charge in [0.2, 0.25) is 0 Å². The molecular formula is C53H28N8. The predicted octanol–water partition coefficient (Wildman–Crippen LogP) is 11.7. The average Bonchev–Trinajstić information content (AvgIpc) is 3.95. The smallest absolute Gasteiger partial charge is 0.104 e. The molecule has 11 rings (SSSR count). The van der Waals surface area contributed by atoms with E-state index in [9.17, 15) is 26.3 Å². The van der Waals surface area contributed by atoms with Gasteiger partial charge in [-0.3, -0.25) is 0 Å². The van der Waals surface area contributed by atoms with Crippen LogP contribution in [0.15, 0.2) is 146 Å². The van der Waals surface area contributed by atoms with Crippen LogP contribution in [0.5, 0.6) is 0 Å². The number of aromatic nitrogens is 3. The minimum atomic E-state index is -0.333. The molecule has 0 bridgehead atoms. The van der Waals surface area contributed by atoms with Crippen molar-refractivity contribution in [3.05, 3.63) is 179 Å². The molecule has 0 amide bonds. The maximum absolute atomic E-state index is 11.9. The summed E-state index contributed by atoms with van der Waals surface area (Å²) in [6.45, 7) is 0. The van der Waals surface area contributed by atoms with Gasteiger partial charge in [0.15, 0.2) is 0 Å². The van der Waals surface area contributed by atoms with Gasteiger partial charge in [0, 0.05) is 38.2 Å². The van der Waals surface area contributed by atoms with Crippen LogP contribution in [0.25, 0.3) is 88.8 Å². The van der Waals surface area contributed by atoms with E-state index in [0.29, 0.717) is 45.7 Å². The lowest BCUT2D eigenvalue weighted by Crippen LogP contribution is -2.15. The van der Waals surface area contributed by atoms with Gasteiger partial charge >= 0.3 is 0 Å². The minimum Gasteiger partial charge on any atom is -0.307 e. The molecule has 3 heterocycles. The van der Waals surface area contributed by atoms with Gasteiger partial charge in [0.05, 0.1) is 79.9 Å². The van der Waals surface area contributed by atoms with Crippen molar-refractivity contribution in [2.24, 2.45) is 5.92 Å². The maximum Gasteiger partial charge on any atom is 0.104 e. The van der Waals surface area contributed by atoms with Gasteiger partial charge in [-0.2, -0.15) is 26.3 Å². The molecule has 10 aromatic rings. The van der Waals surface area contributed by atoms with E-state index in [4.69, 9.17) is 0 Å². The van der Waals surface area contributed by atoms with Crippen LogP contribution >= 0.6 is 0 Å². The van der Waals surface area contributed by atoms with Gasteiger partial charge < -0.3 is 13.7 Å². The Kier molecular flexibility index (Phi) is 7.75. The van der Waals surface area contributed by atoms with E-state index in [1.165, 1.54) is 0 Å². The predicted molar refractivity (Wildman–Crippen MR) is 238 cm³/mol. The molecule has 280 valence electrons. The number of rotatable bonds is 4. The fourth-order valence-corrected chi connectivity index (χ4v) is 9.57. The molecule has 8 nitrogen and oxygen atoms in total. The van der Waals surface area contributed by atoms with E-state index < -0.39 is 0 Å². The summed E-state index contributed by atoms with van der Waals surface area (Å²) in [5, 5.41) is 58.5. The second kappa shape index (κ2) is 13.5. The first kappa shape index (κ1) is 35.1. The molecule has 0 aliphatic heterocycles. The highest BCUT2D eigenvalue weighted by molar-refractivity contribution is 6.13. The summed E-state index contributed by atoms with van der Waals surface area (Å²) in [7, 11) is 0. The van der Waals surface area contributed by atoms with Crippen LogP contribution in [0.1, 0.15) is 33.5 Å². The highest BCUT2D eigenvalue weighted by Crippen LogP contribution is 2.49. The summed E-state index contributed by atoms with van der Waals surface area (Å²) in [6, 6.07) is 57.3. The van der Waals surface area contributed by atoms with Gasteiger partial charge in [0.25, 0.3) is 0 Å². The van der Waals surface area contributed by atoms with Crippen LogP contribution in [-0.2, 0) is 6.42 Å². The molecule has 8 heteroatoms. The molecule has 7 aromatic carbocycles. The molecule has 0 N–H and O–H groups in total. The second-order valence-electron chi connectivity index (χ2n) is 15.2. The number of hydrogen-bond acceptors (Lipinski definition) is 5. The third kappa shape index (κ3) is 4.94. The molecule has 0 saturated carbocycles. The van der Waals surface area contributed by atoms with E-state index in [-0.39, 0.29) is 17.0 Å². The Morgan fingerprint density at radius 1 is 0.443 bits per heavy atom. The Bertz CT molecular complexity index is 3750. The van der Waals surface area contributed by atoms with Gasteiger partial charge in [0.1, 0.15) is 23.3 Å². The lowest BCUT2D eigenvalue weighted by molar-refractivity contribution is 0.809. The molecule has 3 aromatic heterocycles. The number of hydrogen-bond donors (Lipinski definition) is 0. The Hall–Kier alpha value is -9.13. The fourth-order valence-electron chi connectivity index (χ4n) is 9.57. The lowest BCUT2D eigenvalue weighted by Gasteiger charge is -2.27. The topological polar surface area (TPSA) is 134 Å². The largest absolute Gasteiger partial charge is 0.307 e. The van der Waals surface area contributed by atoms with Crippen LogP contribution in [0.3, 0.4) is 0 Å². The molecule has 0 saturated heterocycles. The van der Waals surface area contributed by atoms with Crippen molar-refractivity contribution < 1.29 is 0 Å². The zero-order chi connectivity index (χ0) is 41.4. The van der Waals surface area contributed by atoms with Gasteiger partial charge in [-0.25, -0.2) is 0 Å². The van der Waals surface area contributed by atoms with Crippen LogP contribution in [0.4, 0.5) is 0 Å². The van der Waals surface area contributed by atoms with Crippen molar-refractivity contribution in [2.75, 3.05) is 0 Å². The highest BCUT2D eigenvalue weighted by Gasteiger charge is 2.34. The first-order valence-corrected chi connectivity index (χ1v) is 19.8. The fraction of sp³-hybridized carbons (Fsp3) is 0.0377. The SMILES string of the molecule is N#Cc1ccc(-c2c(-n3c4c(c5ccccc53)CC(C#N)C=C4)c(C#N)c(-n3c4ccccc4c4ccccc43)c(C#N)c2-n2c3ccccc3c3cc(C#N)ccc32)cc1. The second-order valence-corrected chi connectivity index (χ2v) is 15.2. The highest BCUT2D eigenvalue weighted by atomic mass is 15.1. The molecule has 0 spiro atoms. The lowest BCUT2D eigenvalue weighted by atomic mass is 9.90. The zero-order valence-electron chi connectivity index (χ0n) is 32.3. The first-order valence-electron chi connectivity index (χ1n) is 19.8.